The first-order valence-corrected chi connectivity index (χ1v) is 9.18. The molecule has 0 bridgehead atoms. The van der Waals surface area contributed by atoms with Gasteiger partial charge in [-0.25, -0.2) is 0 Å². The van der Waals surface area contributed by atoms with E-state index in [0.717, 1.165) is 26.2 Å². The molecule has 0 N–H and O–H groups in total. The molecule has 3 rings (SSSR count). The number of hydrogen-bond acceptors (Lipinski definition) is 3. The van der Waals surface area contributed by atoms with Crippen molar-refractivity contribution in [3.05, 3.63) is 36.5 Å². The zero-order valence-corrected chi connectivity index (χ0v) is 15.5. The molecule has 2 aromatic rings. The minimum atomic E-state index is 0.0125. The molecule has 1 amide bonds. The number of rotatable bonds is 6. The highest BCUT2D eigenvalue weighted by Gasteiger charge is 2.25. The second-order valence-electron chi connectivity index (χ2n) is 7.17. The molecule has 2 heterocycles. The first kappa shape index (κ1) is 18.0. The maximum Gasteiger partial charge on any atom is 0.225 e. The number of hydrogen-bond donors (Lipinski definition) is 0. The minimum absolute atomic E-state index is 0.0125. The van der Waals surface area contributed by atoms with E-state index in [0.29, 0.717) is 19.0 Å². The van der Waals surface area contributed by atoms with Crippen molar-refractivity contribution in [1.29, 1.82) is 0 Å². The monoisotopic (exact) mass is 343 g/mol. The quantitative estimate of drug-likeness (QED) is 0.809. The lowest BCUT2D eigenvalue weighted by Gasteiger charge is -2.35. The lowest BCUT2D eigenvalue weighted by atomic mass is 10.1. The van der Waals surface area contributed by atoms with Crippen molar-refractivity contribution < 1.29 is 9.53 Å². The molecule has 1 aromatic heterocycles. The van der Waals surface area contributed by atoms with Crippen molar-refractivity contribution in [1.82, 2.24) is 14.4 Å². The molecule has 1 atom stereocenters. The zero-order valence-electron chi connectivity index (χ0n) is 15.5. The minimum Gasteiger partial charge on any atom is -0.375 e. The summed E-state index contributed by atoms with van der Waals surface area (Å²) in [5, 5.41) is 1.24. The summed E-state index contributed by atoms with van der Waals surface area (Å²) in [6.45, 7) is 8.42. The molecule has 136 valence electrons. The lowest BCUT2D eigenvalue weighted by molar-refractivity contribution is -0.135. The summed E-state index contributed by atoms with van der Waals surface area (Å²) < 4.78 is 8.00. The number of ether oxygens (including phenoxy) is 1. The van der Waals surface area contributed by atoms with E-state index in [-0.39, 0.29) is 12.0 Å². The highest BCUT2D eigenvalue weighted by molar-refractivity contribution is 5.80. The molecule has 1 aliphatic heterocycles. The van der Waals surface area contributed by atoms with Crippen LogP contribution in [0.4, 0.5) is 0 Å². The first-order chi connectivity index (χ1) is 12.0. The average Bonchev–Trinajstić information content (AvgIpc) is 3.03. The largest absolute Gasteiger partial charge is 0.375 e. The van der Waals surface area contributed by atoms with E-state index in [2.05, 4.69) is 53.8 Å². The topological polar surface area (TPSA) is 37.7 Å². The van der Waals surface area contributed by atoms with Gasteiger partial charge in [-0.2, -0.15) is 0 Å². The smallest absolute Gasteiger partial charge is 0.225 e. The first-order valence-electron chi connectivity index (χ1n) is 9.18. The third-order valence-electron chi connectivity index (χ3n) is 5.09. The number of carbonyl (C=O) groups is 1. The van der Waals surface area contributed by atoms with Crippen LogP contribution in [0, 0.1) is 0 Å². The fraction of sp³-hybridized carbons (Fsp3) is 0.550. The zero-order chi connectivity index (χ0) is 17.8. The van der Waals surface area contributed by atoms with Gasteiger partial charge in [-0.05, 0) is 31.4 Å². The summed E-state index contributed by atoms with van der Waals surface area (Å²) in [5.41, 5.74) is 1.21. The Morgan fingerprint density at radius 2 is 2.12 bits per heavy atom. The number of carbonyl (C=O) groups excluding carboxylic acids is 1. The van der Waals surface area contributed by atoms with Crippen LogP contribution < -0.4 is 0 Å². The molecule has 1 fully saturated rings. The lowest BCUT2D eigenvalue weighted by Crippen LogP contribution is -2.47. The van der Waals surface area contributed by atoms with Gasteiger partial charge in [-0.3, -0.25) is 9.69 Å². The Morgan fingerprint density at radius 3 is 2.92 bits per heavy atom. The number of aromatic nitrogens is 1. The van der Waals surface area contributed by atoms with Crippen LogP contribution in [0.5, 0.6) is 0 Å². The maximum absolute atomic E-state index is 12.5. The Kier molecular flexibility index (Phi) is 5.76. The van der Waals surface area contributed by atoms with E-state index in [1.165, 1.54) is 10.9 Å². The molecule has 0 radical (unpaired) electrons. The maximum atomic E-state index is 12.5. The highest BCUT2D eigenvalue weighted by Crippen LogP contribution is 2.15. The van der Waals surface area contributed by atoms with Crippen molar-refractivity contribution in [2.75, 3.05) is 33.3 Å². The number of morpholine rings is 1. The van der Waals surface area contributed by atoms with Crippen molar-refractivity contribution >= 4 is 16.8 Å². The van der Waals surface area contributed by atoms with Gasteiger partial charge in [0.2, 0.25) is 5.91 Å². The van der Waals surface area contributed by atoms with Gasteiger partial charge in [0.15, 0.2) is 0 Å². The summed E-state index contributed by atoms with van der Waals surface area (Å²) in [5.74, 6) is 0.159. The molecule has 5 heteroatoms. The molecule has 1 saturated heterocycles. The third-order valence-corrected chi connectivity index (χ3v) is 5.09. The van der Waals surface area contributed by atoms with Crippen LogP contribution in [0.3, 0.4) is 0 Å². The van der Waals surface area contributed by atoms with Crippen LogP contribution in [-0.4, -0.2) is 65.7 Å². The van der Waals surface area contributed by atoms with Gasteiger partial charge >= 0.3 is 0 Å². The normalized spacial score (nSPS) is 18.8. The van der Waals surface area contributed by atoms with E-state index >= 15 is 0 Å². The van der Waals surface area contributed by atoms with E-state index in [1.807, 2.05) is 18.0 Å². The van der Waals surface area contributed by atoms with Crippen LogP contribution >= 0.6 is 0 Å². The highest BCUT2D eigenvalue weighted by atomic mass is 16.5. The summed E-state index contributed by atoms with van der Waals surface area (Å²) in [6, 6.07) is 10.9. The Hall–Kier alpha value is -1.85. The van der Waals surface area contributed by atoms with Crippen molar-refractivity contribution in [2.24, 2.45) is 0 Å². The molecule has 1 aromatic carbocycles. The molecule has 1 aliphatic rings. The van der Waals surface area contributed by atoms with Gasteiger partial charge < -0.3 is 14.2 Å². The van der Waals surface area contributed by atoms with Crippen LogP contribution in [0.25, 0.3) is 10.9 Å². The van der Waals surface area contributed by atoms with Gasteiger partial charge in [0.25, 0.3) is 0 Å². The Bertz CT molecular complexity index is 710. The molecular weight excluding hydrogens is 314 g/mol. The van der Waals surface area contributed by atoms with Gasteiger partial charge in [0.1, 0.15) is 0 Å². The standard InChI is InChI=1S/C20H29N3O2/c1-16(2)23-12-13-25-18(15-23)14-20(24)21(3)10-11-22-9-8-17-6-4-5-7-19(17)22/h4-9,16,18H,10-15H2,1-3H3/t18-/m1/s1. The number of para-hydroxylation sites is 1. The average molecular weight is 343 g/mol. The van der Waals surface area contributed by atoms with Crippen LogP contribution in [0.1, 0.15) is 20.3 Å². The molecule has 5 nitrogen and oxygen atoms in total. The molecule has 0 spiro atoms. The third kappa shape index (κ3) is 4.41. The molecule has 0 unspecified atom stereocenters. The van der Waals surface area contributed by atoms with Crippen molar-refractivity contribution in [2.45, 2.75) is 39.0 Å². The number of benzene rings is 1. The fourth-order valence-corrected chi connectivity index (χ4v) is 3.40. The summed E-state index contributed by atoms with van der Waals surface area (Å²) in [7, 11) is 1.89. The number of fused-ring (bicyclic) bond motifs is 1. The van der Waals surface area contributed by atoms with Crippen LogP contribution in [-0.2, 0) is 16.1 Å². The SMILES string of the molecule is CC(C)N1CCO[C@H](CC(=O)N(C)CCn2ccc3ccccc32)C1. The van der Waals surface area contributed by atoms with Gasteiger partial charge in [0.05, 0.1) is 19.1 Å². The predicted octanol–water partition coefficient (Wildman–Crippen LogP) is 2.60. The number of likely N-dealkylation sites (N-methyl/N-ethyl adjacent to an activating group) is 1. The number of amides is 1. The van der Waals surface area contributed by atoms with Crippen molar-refractivity contribution in [3.8, 4) is 0 Å². The van der Waals surface area contributed by atoms with Gasteiger partial charge in [-0.15, -0.1) is 0 Å². The second kappa shape index (κ2) is 8.02. The van der Waals surface area contributed by atoms with E-state index in [4.69, 9.17) is 4.74 Å². The summed E-state index contributed by atoms with van der Waals surface area (Å²) >= 11 is 0. The molecular formula is C20H29N3O2. The molecule has 25 heavy (non-hydrogen) atoms. The second-order valence-corrected chi connectivity index (χ2v) is 7.17. The summed E-state index contributed by atoms with van der Waals surface area (Å²) in [4.78, 5) is 16.7. The van der Waals surface area contributed by atoms with Gasteiger partial charge in [0, 0.05) is 51.0 Å². The predicted molar refractivity (Wildman–Crippen MR) is 101 cm³/mol. The van der Waals surface area contributed by atoms with E-state index in [1.54, 1.807) is 0 Å². The van der Waals surface area contributed by atoms with E-state index < -0.39 is 0 Å². The van der Waals surface area contributed by atoms with Crippen molar-refractivity contribution in [3.63, 3.8) is 0 Å². The summed E-state index contributed by atoms with van der Waals surface area (Å²) in [6.07, 6.45) is 2.57. The van der Waals surface area contributed by atoms with Crippen LogP contribution in [0.15, 0.2) is 36.5 Å². The molecule has 0 aliphatic carbocycles. The molecule has 0 saturated carbocycles. The Labute approximate surface area is 150 Å². The van der Waals surface area contributed by atoms with Crippen LogP contribution in [0.2, 0.25) is 0 Å². The fourth-order valence-electron chi connectivity index (χ4n) is 3.40. The Balaban J connectivity index is 1.51. The van der Waals surface area contributed by atoms with Gasteiger partial charge in [-0.1, -0.05) is 18.2 Å². The van der Waals surface area contributed by atoms with E-state index in [9.17, 15) is 4.79 Å². The number of nitrogens with zero attached hydrogens (tertiary/aromatic N) is 3. The Morgan fingerprint density at radius 1 is 1.32 bits per heavy atom.